The van der Waals surface area contributed by atoms with Gasteiger partial charge in [-0.3, -0.25) is 4.90 Å². The number of nitrogens with zero attached hydrogens (tertiary/aromatic N) is 2. The van der Waals surface area contributed by atoms with Crippen molar-refractivity contribution >= 4 is 21.8 Å². The molecule has 0 radical (unpaired) electrons. The summed E-state index contributed by atoms with van der Waals surface area (Å²) >= 11 is 3.36. The first-order valence-corrected chi connectivity index (χ1v) is 7.38. The van der Waals surface area contributed by atoms with Crippen LogP contribution in [0.4, 0.5) is 4.39 Å². The van der Waals surface area contributed by atoms with E-state index in [4.69, 9.17) is 10.9 Å². The third-order valence-corrected chi connectivity index (χ3v) is 4.58. The molecule has 1 aromatic rings. The average Bonchev–Trinajstić information content (AvgIpc) is 2.44. The molecule has 0 bridgehead atoms. The molecule has 2 rings (SSSR count). The Labute approximate surface area is 126 Å². The van der Waals surface area contributed by atoms with Gasteiger partial charge in [0.05, 0.1) is 0 Å². The van der Waals surface area contributed by atoms with Crippen LogP contribution in [0, 0.1) is 11.2 Å². The number of hydrogen-bond donors (Lipinski definition) is 2. The SMILES string of the molecule is CC1(/C(N)=N/O)CCN(Cc2cc(Br)ccc2F)CC1. The minimum Gasteiger partial charge on any atom is -0.409 e. The van der Waals surface area contributed by atoms with Crippen LogP contribution in [0.1, 0.15) is 25.3 Å². The largest absolute Gasteiger partial charge is 0.409 e. The second-order valence-corrected chi connectivity index (χ2v) is 6.47. The van der Waals surface area contributed by atoms with Crippen molar-refractivity contribution < 1.29 is 9.60 Å². The molecule has 6 heteroatoms. The lowest BCUT2D eigenvalue weighted by Gasteiger charge is -2.38. The smallest absolute Gasteiger partial charge is 0.145 e. The summed E-state index contributed by atoms with van der Waals surface area (Å²) in [6.07, 6.45) is 1.61. The van der Waals surface area contributed by atoms with E-state index in [-0.39, 0.29) is 17.1 Å². The highest BCUT2D eigenvalue weighted by Gasteiger charge is 2.34. The van der Waals surface area contributed by atoms with Crippen molar-refractivity contribution in [3.63, 3.8) is 0 Å². The molecule has 0 amide bonds. The maximum absolute atomic E-state index is 13.7. The summed E-state index contributed by atoms with van der Waals surface area (Å²) in [7, 11) is 0. The van der Waals surface area contributed by atoms with Crippen molar-refractivity contribution in [3.05, 3.63) is 34.1 Å². The summed E-state index contributed by atoms with van der Waals surface area (Å²) in [5.74, 6) is 0.101. The van der Waals surface area contributed by atoms with Gasteiger partial charge in [-0.05, 0) is 44.1 Å². The molecular formula is C14H19BrFN3O. The maximum Gasteiger partial charge on any atom is 0.145 e. The lowest BCUT2D eigenvalue weighted by molar-refractivity contribution is 0.151. The van der Waals surface area contributed by atoms with Gasteiger partial charge in [-0.15, -0.1) is 0 Å². The molecular weight excluding hydrogens is 325 g/mol. The van der Waals surface area contributed by atoms with Crippen molar-refractivity contribution in [3.8, 4) is 0 Å². The molecule has 1 aromatic carbocycles. The molecule has 0 unspecified atom stereocenters. The molecule has 3 N–H and O–H groups in total. The predicted molar refractivity (Wildman–Crippen MR) is 80.1 cm³/mol. The van der Waals surface area contributed by atoms with Crippen LogP contribution in [0.3, 0.4) is 0 Å². The third-order valence-electron chi connectivity index (χ3n) is 4.09. The van der Waals surface area contributed by atoms with E-state index in [1.807, 2.05) is 13.0 Å². The summed E-state index contributed by atoms with van der Waals surface area (Å²) in [4.78, 5) is 2.19. The van der Waals surface area contributed by atoms with Crippen molar-refractivity contribution in [2.45, 2.75) is 26.3 Å². The van der Waals surface area contributed by atoms with Crippen LogP contribution in [0.25, 0.3) is 0 Å². The van der Waals surface area contributed by atoms with E-state index in [0.717, 1.165) is 30.4 Å². The van der Waals surface area contributed by atoms with Crippen LogP contribution in [0.15, 0.2) is 27.8 Å². The average molecular weight is 344 g/mol. The van der Waals surface area contributed by atoms with Crippen LogP contribution in [0.5, 0.6) is 0 Å². The lowest BCUT2D eigenvalue weighted by atomic mass is 9.79. The van der Waals surface area contributed by atoms with Gasteiger partial charge in [-0.25, -0.2) is 4.39 Å². The Bertz CT molecular complexity index is 513. The van der Waals surface area contributed by atoms with Crippen LogP contribution in [-0.4, -0.2) is 29.0 Å². The Hall–Kier alpha value is -1.14. The van der Waals surface area contributed by atoms with Gasteiger partial charge in [0.2, 0.25) is 0 Å². The Morgan fingerprint density at radius 2 is 2.15 bits per heavy atom. The highest BCUT2D eigenvalue weighted by molar-refractivity contribution is 9.10. The number of amidine groups is 1. The number of likely N-dealkylation sites (tertiary alicyclic amines) is 1. The fraction of sp³-hybridized carbons (Fsp3) is 0.500. The Kier molecular flexibility index (Phi) is 4.65. The monoisotopic (exact) mass is 343 g/mol. The highest BCUT2D eigenvalue weighted by Crippen LogP contribution is 2.32. The second-order valence-electron chi connectivity index (χ2n) is 5.56. The number of benzene rings is 1. The second kappa shape index (κ2) is 6.10. The molecule has 1 aliphatic heterocycles. The highest BCUT2D eigenvalue weighted by atomic mass is 79.9. The van der Waals surface area contributed by atoms with Gasteiger partial charge in [0.25, 0.3) is 0 Å². The van der Waals surface area contributed by atoms with E-state index >= 15 is 0 Å². The lowest BCUT2D eigenvalue weighted by Crippen LogP contribution is -2.45. The number of piperidine rings is 1. The number of oxime groups is 1. The maximum atomic E-state index is 13.7. The number of hydrogen-bond acceptors (Lipinski definition) is 3. The molecule has 110 valence electrons. The molecule has 1 fully saturated rings. The summed E-state index contributed by atoms with van der Waals surface area (Å²) in [5, 5.41) is 11.9. The van der Waals surface area contributed by atoms with Crippen molar-refractivity contribution in [2.24, 2.45) is 16.3 Å². The summed E-state index contributed by atoms with van der Waals surface area (Å²) in [6.45, 7) is 4.19. The molecule has 20 heavy (non-hydrogen) atoms. The van der Waals surface area contributed by atoms with Crippen LogP contribution >= 0.6 is 15.9 Å². The van der Waals surface area contributed by atoms with Crippen LogP contribution in [-0.2, 0) is 6.54 Å². The molecule has 1 heterocycles. The van der Waals surface area contributed by atoms with E-state index in [2.05, 4.69) is 26.0 Å². The van der Waals surface area contributed by atoms with Gasteiger partial charge < -0.3 is 10.9 Å². The molecule has 0 aromatic heterocycles. The zero-order chi connectivity index (χ0) is 14.8. The van der Waals surface area contributed by atoms with Crippen molar-refractivity contribution in [2.75, 3.05) is 13.1 Å². The molecule has 0 saturated carbocycles. The van der Waals surface area contributed by atoms with Gasteiger partial charge in [0, 0.05) is 22.0 Å². The fourth-order valence-corrected chi connectivity index (χ4v) is 2.90. The standard InChI is InChI=1S/C14H19BrFN3O/c1-14(13(17)18-20)4-6-19(7-5-14)9-10-8-11(15)2-3-12(10)16/h2-3,8,20H,4-7,9H2,1H3,(H2,17,18). The number of halogens is 2. The predicted octanol–water partition coefficient (Wildman–Crippen LogP) is 2.94. The van der Waals surface area contributed by atoms with Crippen LogP contribution < -0.4 is 5.73 Å². The Morgan fingerprint density at radius 3 is 2.75 bits per heavy atom. The van der Waals surface area contributed by atoms with Gasteiger partial charge in [-0.1, -0.05) is 28.0 Å². The van der Waals surface area contributed by atoms with E-state index in [0.29, 0.717) is 12.1 Å². The van der Waals surface area contributed by atoms with Crippen molar-refractivity contribution in [1.82, 2.24) is 4.90 Å². The minimum absolute atomic E-state index is 0.182. The third kappa shape index (κ3) is 3.30. The summed E-state index contributed by atoms with van der Waals surface area (Å²) in [6, 6.07) is 4.99. The summed E-state index contributed by atoms with van der Waals surface area (Å²) < 4.78 is 14.6. The van der Waals surface area contributed by atoms with Crippen LogP contribution in [0.2, 0.25) is 0 Å². The number of nitrogens with two attached hydrogens (primary N) is 1. The molecule has 1 saturated heterocycles. The molecule has 0 atom stereocenters. The van der Waals surface area contributed by atoms with Gasteiger partial charge >= 0.3 is 0 Å². The number of rotatable bonds is 3. The van der Waals surface area contributed by atoms with E-state index < -0.39 is 0 Å². The first kappa shape index (κ1) is 15.3. The van der Waals surface area contributed by atoms with Gasteiger partial charge in [-0.2, -0.15) is 0 Å². The van der Waals surface area contributed by atoms with E-state index in [1.165, 1.54) is 6.07 Å². The quantitative estimate of drug-likeness (QED) is 0.384. The molecule has 0 aliphatic carbocycles. The molecule has 0 spiro atoms. The van der Waals surface area contributed by atoms with E-state index in [1.54, 1.807) is 6.07 Å². The molecule has 1 aliphatic rings. The first-order valence-electron chi connectivity index (χ1n) is 6.59. The normalized spacial score (nSPS) is 20.1. The zero-order valence-electron chi connectivity index (χ0n) is 11.4. The Morgan fingerprint density at radius 1 is 1.50 bits per heavy atom. The molecule has 4 nitrogen and oxygen atoms in total. The first-order chi connectivity index (χ1) is 9.44. The topological polar surface area (TPSA) is 61.9 Å². The minimum atomic E-state index is -0.263. The fourth-order valence-electron chi connectivity index (χ4n) is 2.49. The zero-order valence-corrected chi connectivity index (χ0v) is 13.0. The summed E-state index contributed by atoms with van der Waals surface area (Å²) in [5.41, 5.74) is 6.16. The van der Waals surface area contributed by atoms with Crippen molar-refractivity contribution in [1.29, 1.82) is 0 Å². The Balaban J connectivity index is 2.00. The van der Waals surface area contributed by atoms with E-state index in [9.17, 15) is 4.39 Å². The van der Waals surface area contributed by atoms with Gasteiger partial charge in [0.1, 0.15) is 11.7 Å². The van der Waals surface area contributed by atoms with Gasteiger partial charge in [0.15, 0.2) is 0 Å².